The summed E-state index contributed by atoms with van der Waals surface area (Å²) >= 11 is 9.04. The summed E-state index contributed by atoms with van der Waals surface area (Å²) < 4.78 is 5.41. The molecule has 1 aliphatic rings. The van der Waals surface area contributed by atoms with E-state index in [1.165, 1.54) is 15.4 Å². The molecule has 47 heavy (non-hydrogen) atoms. The molecule has 0 amide bonds. The minimum absolute atomic E-state index is 0.448. The molecule has 14 heteroatoms. The van der Waals surface area contributed by atoms with Crippen LogP contribution in [0.25, 0.3) is 21.4 Å². The van der Waals surface area contributed by atoms with Gasteiger partial charge < -0.3 is 20.3 Å². The van der Waals surface area contributed by atoms with Gasteiger partial charge in [0.1, 0.15) is 26.6 Å². The van der Waals surface area contributed by atoms with Gasteiger partial charge in [-0.1, -0.05) is 11.6 Å². The van der Waals surface area contributed by atoms with Crippen LogP contribution in [0, 0.1) is 27.7 Å². The summed E-state index contributed by atoms with van der Waals surface area (Å²) in [7, 11) is 0. The number of rotatable bonds is 7. The maximum Gasteiger partial charge on any atom is 0.227 e. The molecule has 0 aliphatic carbocycles. The number of nitrogens with zero attached hydrogens (tertiary/aromatic N) is 8. The van der Waals surface area contributed by atoms with E-state index in [0.717, 1.165) is 70.5 Å². The van der Waals surface area contributed by atoms with E-state index in [1.54, 1.807) is 47.3 Å². The van der Waals surface area contributed by atoms with Crippen LogP contribution in [0.5, 0.6) is 0 Å². The van der Waals surface area contributed by atoms with Crippen molar-refractivity contribution in [2.75, 3.05) is 41.8 Å². The van der Waals surface area contributed by atoms with Crippen molar-refractivity contribution in [3.8, 4) is 21.4 Å². The van der Waals surface area contributed by atoms with E-state index >= 15 is 0 Å². The molecule has 2 N–H and O–H groups in total. The molecular formula is C33H33ClN10OS2. The Morgan fingerprint density at radius 1 is 0.660 bits per heavy atom. The Morgan fingerprint density at radius 2 is 1.19 bits per heavy atom. The summed E-state index contributed by atoms with van der Waals surface area (Å²) in [5.41, 5.74) is 6.68. The Morgan fingerprint density at radius 3 is 1.68 bits per heavy atom. The lowest BCUT2D eigenvalue weighted by Gasteiger charge is -2.28. The zero-order valence-corrected chi connectivity index (χ0v) is 28.7. The third kappa shape index (κ3) is 8.43. The van der Waals surface area contributed by atoms with Crippen LogP contribution in [-0.2, 0) is 4.74 Å². The fraction of sp³-hybridized carbons (Fsp3) is 0.242. The second-order valence-electron chi connectivity index (χ2n) is 10.6. The van der Waals surface area contributed by atoms with Crippen LogP contribution >= 0.6 is 34.3 Å². The van der Waals surface area contributed by atoms with Crippen LogP contribution in [0.4, 0.5) is 29.0 Å². The SMILES string of the molecule is Cc1nc(-c2ccnc(Nc3ccc(Cl)nc3)n2)sc1C.Cc1nc(-c2ccnc(Nc3ccc(N4CCOCC4)cc3)n2)sc1C. The zero-order chi connectivity index (χ0) is 32.8. The van der Waals surface area contributed by atoms with E-state index in [-0.39, 0.29) is 0 Å². The summed E-state index contributed by atoms with van der Waals surface area (Å²) in [6.07, 6.45) is 5.11. The highest BCUT2D eigenvalue weighted by molar-refractivity contribution is 7.15. The Balaban J connectivity index is 0.000000168. The van der Waals surface area contributed by atoms with Gasteiger partial charge in [0.05, 0.1) is 36.5 Å². The number of hydrogen-bond acceptors (Lipinski definition) is 13. The van der Waals surface area contributed by atoms with Gasteiger partial charge in [0.2, 0.25) is 11.9 Å². The molecule has 6 aromatic rings. The number of benzene rings is 1. The van der Waals surface area contributed by atoms with E-state index in [9.17, 15) is 0 Å². The molecule has 0 bridgehead atoms. The number of aryl methyl sites for hydroxylation is 4. The molecule has 5 aromatic heterocycles. The van der Waals surface area contributed by atoms with Gasteiger partial charge in [0.25, 0.3) is 0 Å². The highest BCUT2D eigenvalue weighted by Crippen LogP contribution is 2.28. The fourth-order valence-corrected chi connectivity index (χ4v) is 6.41. The Hall–Kier alpha value is -4.56. The molecule has 6 heterocycles. The molecule has 0 saturated carbocycles. The van der Waals surface area contributed by atoms with Gasteiger partial charge in [-0.15, -0.1) is 22.7 Å². The lowest BCUT2D eigenvalue weighted by molar-refractivity contribution is 0.122. The first-order valence-corrected chi connectivity index (χ1v) is 16.9. The van der Waals surface area contributed by atoms with Crippen molar-refractivity contribution >= 4 is 63.2 Å². The highest BCUT2D eigenvalue weighted by Gasteiger charge is 2.12. The first-order valence-electron chi connectivity index (χ1n) is 14.9. The van der Waals surface area contributed by atoms with Gasteiger partial charge >= 0.3 is 0 Å². The predicted octanol–water partition coefficient (Wildman–Crippen LogP) is 7.81. The summed E-state index contributed by atoms with van der Waals surface area (Å²) in [4.78, 5) is 35.5. The minimum atomic E-state index is 0.448. The third-order valence-electron chi connectivity index (χ3n) is 7.29. The highest BCUT2D eigenvalue weighted by atomic mass is 35.5. The van der Waals surface area contributed by atoms with Crippen molar-refractivity contribution in [1.29, 1.82) is 0 Å². The van der Waals surface area contributed by atoms with E-state index in [1.807, 2.05) is 32.0 Å². The van der Waals surface area contributed by atoms with Crippen LogP contribution in [0.1, 0.15) is 21.1 Å². The fourth-order valence-electron chi connectivity index (χ4n) is 4.53. The van der Waals surface area contributed by atoms with Crippen LogP contribution in [-0.4, -0.2) is 61.2 Å². The van der Waals surface area contributed by atoms with Crippen molar-refractivity contribution in [1.82, 2.24) is 34.9 Å². The second kappa shape index (κ2) is 14.9. The molecule has 11 nitrogen and oxygen atoms in total. The number of anilines is 5. The third-order valence-corrected chi connectivity index (χ3v) is 9.70. The van der Waals surface area contributed by atoms with Gasteiger partial charge in [-0.2, -0.15) is 0 Å². The average Bonchev–Trinajstić information content (AvgIpc) is 3.62. The number of hydrogen-bond donors (Lipinski definition) is 2. The predicted molar refractivity (Wildman–Crippen MR) is 191 cm³/mol. The molecule has 0 radical (unpaired) electrons. The van der Waals surface area contributed by atoms with Crippen LogP contribution in [0.15, 0.2) is 67.1 Å². The van der Waals surface area contributed by atoms with Crippen molar-refractivity contribution in [2.45, 2.75) is 27.7 Å². The van der Waals surface area contributed by atoms with Crippen LogP contribution in [0.3, 0.4) is 0 Å². The van der Waals surface area contributed by atoms with Crippen molar-refractivity contribution in [3.05, 3.63) is 93.4 Å². The smallest absolute Gasteiger partial charge is 0.227 e. The van der Waals surface area contributed by atoms with Gasteiger partial charge in [0.15, 0.2) is 0 Å². The average molecular weight is 685 g/mol. The van der Waals surface area contributed by atoms with E-state index in [0.29, 0.717) is 17.0 Å². The summed E-state index contributed by atoms with van der Waals surface area (Å²) in [6.45, 7) is 11.6. The number of ether oxygens (including phenoxy) is 1. The molecular weight excluding hydrogens is 652 g/mol. The van der Waals surface area contributed by atoms with Crippen molar-refractivity contribution < 1.29 is 4.74 Å². The maximum absolute atomic E-state index is 5.76. The number of aromatic nitrogens is 7. The maximum atomic E-state index is 5.76. The summed E-state index contributed by atoms with van der Waals surface area (Å²) in [5, 5.41) is 8.64. The number of nitrogens with one attached hydrogen (secondary N) is 2. The lowest BCUT2D eigenvalue weighted by atomic mass is 10.2. The minimum Gasteiger partial charge on any atom is -0.378 e. The van der Waals surface area contributed by atoms with Crippen LogP contribution in [0.2, 0.25) is 5.15 Å². The quantitative estimate of drug-likeness (QED) is 0.160. The molecule has 0 spiro atoms. The molecule has 240 valence electrons. The van der Waals surface area contributed by atoms with Crippen LogP contribution < -0.4 is 15.5 Å². The topological polar surface area (TPSA) is 127 Å². The van der Waals surface area contributed by atoms with Gasteiger partial charge in [-0.25, -0.2) is 34.9 Å². The van der Waals surface area contributed by atoms with Gasteiger partial charge in [0, 0.05) is 46.6 Å². The molecule has 1 aromatic carbocycles. The summed E-state index contributed by atoms with van der Waals surface area (Å²) in [5.74, 6) is 1.08. The van der Waals surface area contributed by atoms with E-state index in [2.05, 4.69) is 88.5 Å². The zero-order valence-electron chi connectivity index (χ0n) is 26.4. The van der Waals surface area contributed by atoms with E-state index < -0.39 is 0 Å². The Labute approximate surface area is 286 Å². The van der Waals surface area contributed by atoms with Gasteiger partial charge in [-0.05, 0) is 76.2 Å². The number of thiazole rings is 2. The summed E-state index contributed by atoms with van der Waals surface area (Å²) in [6, 6.07) is 15.6. The number of morpholine rings is 1. The normalized spacial score (nSPS) is 12.7. The standard InChI is InChI=1S/C19H21N5OS.C14H12ClN5S/c1-13-14(2)26-18(21-13)17-7-8-20-19(23-17)22-15-3-5-16(6-4-15)24-9-11-25-12-10-24;1-8-9(2)21-13(18-8)11-5-6-16-14(20-11)19-10-3-4-12(15)17-7-10/h3-8H,9-12H2,1-2H3,(H,20,22,23);3-7H,1-2H3,(H,16,19,20). The second-order valence-corrected chi connectivity index (χ2v) is 13.4. The monoisotopic (exact) mass is 684 g/mol. The largest absolute Gasteiger partial charge is 0.378 e. The lowest BCUT2D eigenvalue weighted by Crippen LogP contribution is -2.36. The number of pyridine rings is 1. The first kappa shape index (κ1) is 32.4. The molecule has 0 atom stereocenters. The Kier molecular flexibility index (Phi) is 10.3. The van der Waals surface area contributed by atoms with E-state index in [4.69, 9.17) is 16.3 Å². The Bertz CT molecular complexity index is 1900. The number of halogens is 1. The molecule has 1 fully saturated rings. The molecule has 1 aliphatic heterocycles. The first-order chi connectivity index (χ1) is 22.8. The molecule has 7 rings (SSSR count). The van der Waals surface area contributed by atoms with Gasteiger partial charge in [-0.3, -0.25) is 0 Å². The molecule has 0 unspecified atom stereocenters. The van der Waals surface area contributed by atoms with Crippen molar-refractivity contribution in [2.24, 2.45) is 0 Å². The van der Waals surface area contributed by atoms with Crippen molar-refractivity contribution in [3.63, 3.8) is 0 Å². The molecule has 1 saturated heterocycles.